The van der Waals surface area contributed by atoms with Gasteiger partial charge in [0.1, 0.15) is 23.9 Å². The molecule has 3 fully saturated rings. The van der Waals surface area contributed by atoms with E-state index in [9.17, 15) is 19.5 Å². The quantitative estimate of drug-likeness (QED) is 0.166. The minimum atomic E-state index is -0.941. The molecular weight excluding hydrogens is 494 g/mol. The molecule has 3 aliphatic heterocycles. The van der Waals surface area contributed by atoms with Crippen LogP contribution < -0.4 is 5.32 Å². The molecule has 0 aromatic carbocycles. The first-order valence-corrected chi connectivity index (χ1v) is 13.2. The van der Waals surface area contributed by atoms with Crippen LogP contribution in [0.15, 0.2) is 36.0 Å². The zero-order chi connectivity index (χ0) is 28.0. The van der Waals surface area contributed by atoms with Crippen LogP contribution in [0.5, 0.6) is 0 Å². The number of epoxide rings is 1. The number of carboxylic acid groups (broad SMARTS) is 1. The van der Waals surface area contributed by atoms with E-state index in [0.717, 1.165) is 12.0 Å². The molecule has 10 nitrogen and oxygen atoms in total. The first-order valence-electron chi connectivity index (χ1n) is 13.2. The van der Waals surface area contributed by atoms with Crippen molar-refractivity contribution in [1.29, 1.82) is 0 Å². The van der Waals surface area contributed by atoms with Crippen LogP contribution in [0.2, 0.25) is 0 Å². The van der Waals surface area contributed by atoms with Gasteiger partial charge in [0.2, 0.25) is 5.91 Å². The Hall–Kier alpha value is -2.53. The molecule has 3 aliphatic rings. The van der Waals surface area contributed by atoms with Crippen LogP contribution in [0.25, 0.3) is 0 Å². The predicted molar refractivity (Wildman–Crippen MR) is 138 cm³/mol. The van der Waals surface area contributed by atoms with Crippen LogP contribution in [0.3, 0.4) is 0 Å². The lowest BCUT2D eigenvalue weighted by molar-refractivity contribution is -0.155. The minimum Gasteiger partial charge on any atom is -0.481 e. The fourth-order valence-electron chi connectivity index (χ4n) is 5.08. The lowest BCUT2D eigenvalue weighted by Gasteiger charge is -2.39. The summed E-state index contributed by atoms with van der Waals surface area (Å²) in [5.74, 6) is -1.39. The standard InChI is InChI=1S/C28H41NO9/c1-16(7-10-24-27(34)28(15-35-28)14-21(38-24)13-26(32)33)6-9-23-17(2)12-22(19(4)37-23)29-25(31)11-8-18(3)36-20(5)30/h6-8,10-11,17-19,21-24,27,34H,9,12-15H2,1-5H3,(H,29,31)(H,32,33)/b10-7+,11-8-,16-6-/t17-,18-,19+,21+,22+,23-,24+,27+,28+/m0/s1. The summed E-state index contributed by atoms with van der Waals surface area (Å²) < 4.78 is 22.5. The summed E-state index contributed by atoms with van der Waals surface area (Å²) in [5.41, 5.74) is 0.271. The highest BCUT2D eigenvalue weighted by Crippen LogP contribution is 2.43. The molecule has 3 heterocycles. The van der Waals surface area contributed by atoms with Crippen molar-refractivity contribution < 1.29 is 43.5 Å². The number of amides is 1. The van der Waals surface area contributed by atoms with Gasteiger partial charge in [-0.05, 0) is 45.6 Å². The van der Waals surface area contributed by atoms with Crippen LogP contribution in [0.4, 0.5) is 0 Å². The molecule has 0 aromatic rings. The van der Waals surface area contributed by atoms with E-state index in [1.54, 1.807) is 19.1 Å². The van der Waals surface area contributed by atoms with E-state index in [1.807, 2.05) is 19.9 Å². The number of carboxylic acids is 1. The topological polar surface area (TPSA) is 144 Å². The number of nitrogens with one attached hydrogen (secondary N) is 1. The van der Waals surface area contributed by atoms with E-state index < -0.39 is 42.0 Å². The number of carbonyl (C=O) groups is 3. The molecule has 0 unspecified atom stereocenters. The molecule has 38 heavy (non-hydrogen) atoms. The highest BCUT2D eigenvalue weighted by molar-refractivity contribution is 5.87. The second-order valence-corrected chi connectivity index (χ2v) is 10.7. The summed E-state index contributed by atoms with van der Waals surface area (Å²) in [6.45, 7) is 9.41. The SMILES string of the molecule is CC(=O)O[C@@H](C)/C=C\C(=O)N[C@@H]1C[C@H](C)[C@H](C/C=C(C)\C=C\[C@H]2O[C@H](CC(=O)O)C[C@@]3(CO3)[C@@H]2O)O[C@@H]1C. The number of carbonyl (C=O) groups excluding carboxylic acids is 2. The number of hydrogen-bond acceptors (Lipinski definition) is 8. The summed E-state index contributed by atoms with van der Waals surface area (Å²) in [5, 5.41) is 22.8. The molecule has 0 saturated carbocycles. The van der Waals surface area contributed by atoms with Gasteiger partial charge < -0.3 is 34.5 Å². The van der Waals surface area contributed by atoms with Crippen LogP contribution in [-0.2, 0) is 33.3 Å². The molecular formula is C28H41NO9. The maximum atomic E-state index is 12.3. The lowest BCUT2D eigenvalue weighted by atomic mass is 9.87. The molecule has 1 spiro atoms. The number of aliphatic carboxylic acids is 1. The highest BCUT2D eigenvalue weighted by atomic mass is 16.6. The Morgan fingerprint density at radius 1 is 1.18 bits per heavy atom. The Bertz CT molecular complexity index is 954. The maximum Gasteiger partial charge on any atom is 0.305 e. The third-order valence-corrected chi connectivity index (χ3v) is 7.33. The fraction of sp³-hybridized carbons (Fsp3) is 0.679. The van der Waals surface area contributed by atoms with Crippen LogP contribution in [-0.4, -0.2) is 82.9 Å². The van der Waals surface area contributed by atoms with Gasteiger partial charge in [-0.3, -0.25) is 14.4 Å². The number of allylic oxidation sites excluding steroid dienone is 2. The normalized spacial score (nSPS) is 36.4. The Morgan fingerprint density at radius 2 is 1.89 bits per heavy atom. The number of aliphatic hydroxyl groups is 1. The number of ether oxygens (including phenoxy) is 4. The first-order chi connectivity index (χ1) is 17.9. The molecule has 10 heteroatoms. The first kappa shape index (κ1) is 30.0. The molecule has 3 saturated heterocycles. The van der Waals surface area contributed by atoms with Crippen molar-refractivity contribution in [2.75, 3.05) is 6.61 Å². The predicted octanol–water partition coefficient (Wildman–Crippen LogP) is 2.45. The molecule has 0 aliphatic carbocycles. The summed E-state index contributed by atoms with van der Waals surface area (Å²) in [4.78, 5) is 34.4. The van der Waals surface area contributed by atoms with E-state index in [-0.39, 0.29) is 36.5 Å². The second kappa shape index (κ2) is 13.0. The van der Waals surface area contributed by atoms with Crippen LogP contribution in [0, 0.1) is 5.92 Å². The van der Waals surface area contributed by atoms with Crippen molar-refractivity contribution in [3.05, 3.63) is 36.0 Å². The van der Waals surface area contributed by atoms with Gasteiger partial charge in [-0.25, -0.2) is 0 Å². The van der Waals surface area contributed by atoms with E-state index in [0.29, 0.717) is 19.4 Å². The van der Waals surface area contributed by atoms with Crippen LogP contribution in [0.1, 0.15) is 60.3 Å². The zero-order valence-electron chi connectivity index (χ0n) is 22.8. The van der Waals surface area contributed by atoms with E-state index in [4.69, 9.17) is 24.1 Å². The average molecular weight is 536 g/mol. The van der Waals surface area contributed by atoms with Crippen molar-refractivity contribution in [2.45, 2.75) is 109 Å². The smallest absolute Gasteiger partial charge is 0.305 e. The van der Waals surface area contributed by atoms with Gasteiger partial charge in [0.15, 0.2) is 0 Å². The number of esters is 1. The van der Waals surface area contributed by atoms with Crippen molar-refractivity contribution in [3.63, 3.8) is 0 Å². The third-order valence-electron chi connectivity index (χ3n) is 7.33. The third kappa shape index (κ3) is 8.49. The van der Waals surface area contributed by atoms with Gasteiger partial charge in [0.05, 0.1) is 37.4 Å². The van der Waals surface area contributed by atoms with Crippen LogP contribution >= 0.6 is 0 Å². The van der Waals surface area contributed by atoms with Crippen molar-refractivity contribution >= 4 is 17.8 Å². The summed E-state index contributed by atoms with van der Waals surface area (Å²) in [6.07, 6.45) is 7.67. The number of aliphatic hydroxyl groups excluding tert-OH is 1. The summed E-state index contributed by atoms with van der Waals surface area (Å²) in [6, 6.07) is -0.131. The molecule has 1 amide bonds. The Morgan fingerprint density at radius 3 is 2.53 bits per heavy atom. The van der Waals surface area contributed by atoms with Gasteiger partial charge in [-0.1, -0.05) is 30.7 Å². The molecule has 3 N–H and O–H groups in total. The van der Waals surface area contributed by atoms with Gasteiger partial charge in [-0.15, -0.1) is 0 Å². The van der Waals surface area contributed by atoms with Gasteiger partial charge in [0.25, 0.3) is 0 Å². The Labute approximate surface area is 224 Å². The second-order valence-electron chi connectivity index (χ2n) is 10.7. The van der Waals surface area contributed by atoms with Crippen molar-refractivity contribution in [2.24, 2.45) is 5.92 Å². The number of hydrogen-bond donors (Lipinski definition) is 3. The number of rotatable bonds is 10. The molecule has 0 bridgehead atoms. The largest absolute Gasteiger partial charge is 0.481 e. The van der Waals surface area contributed by atoms with E-state index in [1.165, 1.54) is 13.0 Å². The maximum absolute atomic E-state index is 12.3. The average Bonchev–Trinajstić information content (AvgIpc) is 3.59. The Kier molecular flexibility index (Phi) is 10.3. The van der Waals surface area contributed by atoms with Gasteiger partial charge in [-0.2, -0.15) is 0 Å². The lowest BCUT2D eigenvalue weighted by Crippen LogP contribution is -2.50. The van der Waals surface area contributed by atoms with E-state index >= 15 is 0 Å². The monoisotopic (exact) mass is 535 g/mol. The molecule has 0 radical (unpaired) electrons. The van der Waals surface area contributed by atoms with Crippen molar-refractivity contribution in [3.8, 4) is 0 Å². The highest BCUT2D eigenvalue weighted by Gasteiger charge is 2.58. The van der Waals surface area contributed by atoms with Crippen molar-refractivity contribution in [1.82, 2.24) is 5.32 Å². The molecule has 3 rings (SSSR count). The molecule has 0 aromatic heterocycles. The van der Waals surface area contributed by atoms with E-state index in [2.05, 4.69) is 18.3 Å². The summed E-state index contributed by atoms with van der Waals surface area (Å²) >= 11 is 0. The fourth-order valence-corrected chi connectivity index (χ4v) is 5.08. The zero-order valence-corrected chi connectivity index (χ0v) is 22.8. The summed E-state index contributed by atoms with van der Waals surface area (Å²) in [7, 11) is 0. The Balaban J connectivity index is 1.49. The minimum absolute atomic E-state index is 0.0133. The molecule has 9 atom stereocenters. The van der Waals surface area contributed by atoms with Gasteiger partial charge >= 0.3 is 11.9 Å². The van der Waals surface area contributed by atoms with Gasteiger partial charge in [0, 0.05) is 19.4 Å². The molecule has 212 valence electrons.